The van der Waals surface area contributed by atoms with Gasteiger partial charge in [0, 0.05) is 18.8 Å². The number of hydrogen-bond acceptors (Lipinski definition) is 4. The largest absolute Gasteiger partial charge is 0.411 e. The van der Waals surface area contributed by atoms with E-state index in [-0.39, 0.29) is 18.1 Å². The van der Waals surface area contributed by atoms with E-state index in [4.69, 9.17) is 9.59 Å². The Morgan fingerprint density at radius 1 is 1.47 bits per heavy atom. The van der Waals surface area contributed by atoms with Crippen LogP contribution in [0.4, 0.5) is 0 Å². The molecule has 0 unspecified atom stereocenters. The lowest BCUT2D eigenvalue weighted by Gasteiger charge is -2.11. The van der Waals surface area contributed by atoms with E-state index in [2.05, 4.69) is 4.98 Å². The first-order valence-corrected chi connectivity index (χ1v) is 7.23. The summed E-state index contributed by atoms with van der Waals surface area (Å²) in [4.78, 5) is 43.1. The van der Waals surface area contributed by atoms with Gasteiger partial charge in [-0.1, -0.05) is 0 Å². The second kappa shape index (κ2) is 4.56. The zero-order valence-corrected chi connectivity index (χ0v) is 9.43. The van der Waals surface area contributed by atoms with Crippen LogP contribution in [0, 0.1) is 0 Å². The summed E-state index contributed by atoms with van der Waals surface area (Å²) in [6.07, 6.45) is 1.70. The molecule has 1 aromatic heterocycles. The minimum absolute atomic E-state index is 0.207. The van der Waals surface area contributed by atoms with Crippen molar-refractivity contribution in [1.82, 2.24) is 9.55 Å². The van der Waals surface area contributed by atoms with Gasteiger partial charge in [-0.25, -0.2) is 4.79 Å². The Labute approximate surface area is 87.1 Å². The predicted octanol–water partition coefficient (Wildman–Crippen LogP) is -1.02. The molecule has 3 N–H and O–H groups in total. The van der Waals surface area contributed by atoms with E-state index >= 15 is 0 Å². The molecule has 1 rings (SSSR count). The number of rotatable bonds is 4. The van der Waals surface area contributed by atoms with Crippen LogP contribution in [-0.4, -0.2) is 27.7 Å². The highest BCUT2D eigenvalue weighted by atomic mass is 28.4. The molecule has 84 valence electrons. The van der Waals surface area contributed by atoms with Crippen LogP contribution in [-0.2, 0) is 6.54 Å². The maximum atomic E-state index is 11.2. The van der Waals surface area contributed by atoms with E-state index < -0.39 is 14.3 Å². The highest BCUT2D eigenvalue weighted by Gasteiger charge is 2.20. The van der Waals surface area contributed by atoms with Gasteiger partial charge in [0.05, 0.1) is 0 Å². The molecule has 0 radical (unpaired) electrons. The summed E-state index contributed by atoms with van der Waals surface area (Å²) in [6.45, 7) is 1.60. The first kappa shape index (κ1) is 11.9. The van der Waals surface area contributed by atoms with Crippen molar-refractivity contribution in [2.24, 2.45) is 0 Å². The Hall–Kier alpha value is -1.18. The molecule has 0 aliphatic rings. The van der Waals surface area contributed by atoms with Gasteiger partial charge in [0.2, 0.25) is 0 Å². The van der Waals surface area contributed by atoms with Crippen molar-refractivity contribution in [3.05, 3.63) is 33.1 Å². The monoisotopic (exact) mass is 230 g/mol. The van der Waals surface area contributed by atoms with E-state index in [1.807, 2.05) is 0 Å². The van der Waals surface area contributed by atoms with Gasteiger partial charge in [-0.2, -0.15) is 0 Å². The maximum absolute atomic E-state index is 11.2. The summed E-state index contributed by atoms with van der Waals surface area (Å²) in [5.41, 5.74) is -0.847. The normalized spacial score (nSPS) is 11.7. The molecule has 0 bridgehead atoms. The minimum atomic E-state index is -3.07. The molecule has 0 fully saturated rings. The summed E-state index contributed by atoms with van der Waals surface area (Å²) >= 11 is 0. The summed E-state index contributed by atoms with van der Waals surface area (Å²) in [6, 6.07) is 1.50. The number of nitrogens with one attached hydrogen (secondary N) is 1. The van der Waals surface area contributed by atoms with Crippen LogP contribution < -0.4 is 11.2 Å². The van der Waals surface area contributed by atoms with Crippen LogP contribution in [0.3, 0.4) is 0 Å². The van der Waals surface area contributed by atoms with Crippen LogP contribution >= 0.6 is 0 Å². The van der Waals surface area contributed by atoms with Gasteiger partial charge in [-0.15, -0.1) is 0 Å². The van der Waals surface area contributed by atoms with Crippen LogP contribution in [0.1, 0.15) is 6.42 Å². The molecule has 15 heavy (non-hydrogen) atoms. The third-order valence-corrected chi connectivity index (χ3v) is 3.28. The van der Waals surface area contributed by atoms with Crippen LogP contribution in [0.2, 0.25) is 12.6 Å². The molecule has 0 aromatic carbocycles. The number of aromatic amines is 1. The van der Waals surface area contributed by atoms with Crippen LogP contribution in [0.15, 0.2) is 21.9 Å². The Morgan fingerprint density at radius 2 is 2.13 bits per heavy atom. The lowest BCUT2D eigenvalue weighted by atomic mass is 10.4. The van der Waals surface area contributed by atoms with Crippen LogP contribution in [0.5, 0.6) is 0 Å². The van der Waals surface area contributed by atoms with E-state index in [9.17, 15) is 9.59 Å². The summed E-state index contributed by atoms with van der Waals surface area (Å²) in [7, 11) is -3.07. The van der Waals surface area contributed by atoms with Crippen molar-refractivity contribution in [2.75, 3.05) is 0 Å². The smallest absolute Gasteiger partial charge is 0.329 e. The quantitative estimate of drug-likeness (QED) is 0.577. The molecule has 1 heterocycles. The van der Waals surface area contributed by atoms with E-state index in [0.717, 1.165) is 4.57 Å². The number of nitrogens with zero attached hydrogens (tertiary/aromatic N) is 1. The lowest BCUT2D eigenvalue weighted by Crippen LogP contribution is -2.35. The topological polar surface area (TPSA) is 95.3 Å². The number of hydrogen-bond donors (Lipinski definition) is 3. The second-order valence-corrected chi connectivity index (χ2v) is 6.53. The van der Waals surface area contributed by atoms with Crippen molar-refractivity contribution in [3.8, 4) is 0 Å². The molecule has 6 nitrogen and oxygen atoms in total. The van der Waals surface area contributed by atoms with E-state index in [1.54, 1.807) is 0 Å². The minimum Gasteiger partial charge on any atom is -0.411 e. The molecule has 0 aliphatic heterocycles. The first-order valence-electron chi connectivity index (χ1n) is 4.63. The maximum Gasteiger partial charge on any atom is 0.329 e. The molecule has 0 aliphatic carbocycles. The Kier molecular flexibility index (Phi) is 3.61. The fraction of sp³-hybridized carbons (Fsp3) is 0.500. The van der Waals surface area contributed by atoms with Gasteiger partial charge in [0.25, 0.3) is 5.56 Å². The number of aromatic nitrogens is 2. The fourth-order valence-electron chi connectivity index (χ4n) is 1.24. The summed E-state index contributed by atoms with van der Waals surface area (Å²) in [5.74, 6) is 0. The molecule has 0 saturated heterocycles. The van der Waals surface area contributed by atoms with E-state index in [1.165, 1.54) is 18.8 Å². The van der Waals surface area contributed by atoms with Crippen molar-refractivity contribution in [2.45, 2.75) is 25.6 Å². The third kappa shape index (κ3) is 3.82. The van der Waals surface area contributed by atoms with Gasteiger partial charge in [0.1, 0.15) is 0 Å². The molecule has 7 heteroatoms. The van der Waals surface area contributed by atoms with Gasteiger partial charge >= 0.3 is 14.3 Å². The molecule has 0 amide bonds. The van der Waals surface area contributed by atoms with Crippen molar-refractivity contribution >= 4 is 8.56 Å². The molecule has 0 saturated carbocycles. The fourth-order valence-corrected chi connectivity index (χ4v) is 2.06. The lowest BCUT2D eigenvalue weighted by molar-refractivity contribution is 0.364. The third-order valence-electron chi connectivity index (χ3n) is 1.98. The van der Waals surface area contributed by atoms with Gasteiger partial charge in [-0.05, 0) is 19.0 Å². The first-order chi connectivity index (χ1) is 6.90. The predicted molar refractivity (Wildman–Crippen MR) is 56.8 cm³/mol. The zero-order valence-electron chi connectivity index (χ0n) is 8.43. The van der Waals surface area contributed by atoms with Gasteiger partial charge < -0.3 is 14.6 Å². The Balaban J connectivity index is 2.67. The number of H-pyrrole nitrogens is 1. The summed E-state index contributed by atoms with van der Waals surface area (Å²) < 4.78 is 1.04. The highest BCUT2D eigenvalue weighted by molar-refractivity contribution is 6.63. The van der Waals surface area contributed by atoms with Crippen LogP contribution in [0.25, 0.3) is 0 Å². The van der Waals surface area contributed by atoms with Crippen molar-refractivity contribution < 1.29 is 9.59 Å². The average molecular weight is 230 g/mol. The highest BCUT2D eigenvalue weighted by Crippen LogP contribution is 2.04. The van der Waals surface area contributed by atoms with E-state index in [0.29, 0.717) is 6.42 Å². The van der Waals surface area contributed by atoms with Gasteiger partial charge in [0.15, 0.2) is 0 Å². The SMILES string of the molecule is C[Si](O)(O)CCCn1c(=O)cc[nH]c1=O. The Bertz CT molecular complexity index is 403. The Morgan fingerprint density at radius 3 is 2.67 bits per heavy atom. The zero-order chi connectivity index (χ0) is 11.5. The molecule has 0 atom stereocenters. The summed E-state index contributed by atoms with van der Waals surface area (Å²) in [5, 5.41) is 0. The second-order valence-electron chi connectivity index (χ2n) is 3.59. The molecular formula is C8H14N2O4Si. The standard InChI is InChI=1S/C8H14N2O4Si/c1-15(13,14)6-2-5-10-7(11)3-4-9-8(10)12/h3-4,13-14H,2,5-6H2,1H3,(H,9,12). The average Bonchev–Trinajstić information content (AvgIpc) is 2.08. The molecule has 1 aromatic rings. The van der Waals surface area contributed by atoms with Crippen molar-refractivity contribution in [1.29, 1.82) is 0 Å². The molecule has 0 spiro atoms. The molecular weight excluding hydrogens is 216 g/mol. The van der Waals surface area contributed by atoms with Crippen molar-refractivity contribution in [3.63, 3.8) is 0 Å². The van der Waals surface area contributed by atoms with Gasteiger partial charge in [-0.3, -0.25) is 9.36 Å².